The van der Waals surface area contributed by atoms with Gasteiger partial charge in [-0.25, -0.2) is 14.6 Å². The molecule has 1 aliphatic heterocycles. The molecule has 1 atom stereocenters. The Labute approximate surface area is 133 Å². The highest BCUT2D eigenvalue weighted by Crippen LogP contribution is 2.30. The minimum Gasteiger partial charge on any atom is -0.438 e. The molecule has 0 bridgehead atoms. The number of anilines is 1. The lowest BCUT2D eigenvalue weighted by Gasteiger charge is -2.22. The molecule has 7 heteroatoms. The fourth-order valence-corrected chi connectivity index (χ4v) is 2.70. The van der Waals surface area contributed by atoms with Crippen LogP contribution in [0.25, 0.3) is 11.0 Å². The van der Waals surface area contributed by atoms with E-state index in [2.05, 4.69) is 15.1 Å². The average Bonchev–Trinajstić information content (AvgIpc) is 3.03. The summed E-state index contributed by atoms with van der Waals surface area (Å²) in [5, 5.41) is 5.19. The average molecular weight is 311 g/mol. The first-order valence-corrected chi connectivity index (χ1v) is 7.64. The van der Waals surface area contributed by atoms with E-state index in [-0.39, 0.29) is 6.23 Å². The fraction of sp³-hybridized carbons (Fsp3) is 0.312. The second-order valence-electron chi connectivity index (χ2n) is 5.50. The van der Waals surface area contributed by atoms with Crippen LogP contribution in [0.5, 0.6) is 11.6 Å². The van der Waals surface area contributed by atoms with Crippen LogP contribution in [0, 0.1) is 0 Å². The van der Waals surface area contributed by atoms with Gasteiger partial charge >= 0.3 is 0 Å². The van der Waals surface area contributed by atoms with Gasteiger partial charge in [-0.3, -0.25) is 0 Å². The van der Waals surface area contributed by atoms with Gasteiger partial charge in [-0.05, 0) is 43.5 Å². The highest BCUT2D eigenvalue weighted by Gasteiger charge is 2.21. The van der Waals surface area contributed by atoms with Crippen LogP contribution < -0.4 is 10.5 Å². The predicted octanol–water partition coefficient (Wildman–Crippen LogP) is 2.90. The molecule has 0 spiro atoms. The Morgan fingerprint density at radius 2 is 2.04 bits per heavy atom. The Morgan fingerprint density at radius 3 is 2.83 bits per heavy atom. The van der Waals surface area contributed by atoms with E-state index >= 15 is 0 Å². The first-order valence-electron chi connectivity index (χ1n) is 7.64. The first-order chi connectivity index (χ1) is 11.3. The van der Waals surface area contributed by atoms with Gasteiger partial charge in [0.25, 0.3) is 0 Å². The van der Waals surface area contributed by atoms with Gasteiger partial charge in [0.05, 0.1) is 6.20 Å². The minimum absolute atomic E-state index is 0.0690. The summed E-state index contributed by atoms with van der Waals surface area (Å²) in [6.45, 7) is 0.756. The van der Waals surface area contributed by atoms with Crippen molar-refractivity contribution in [3.63, 3.8) is 0 Å². The molecule has 0 aliphatic carbocycles. The maximum absolute atomic E-state index is 5.85. The monoisotopic (exact) mass is 311 g/mol. The van der Waals surface area contributed by atoms with Crippen molar-refractivity contribution in [2.24, 2.45) is 0 Å². The van der Waals surface area contributed by atoms with Crippen molar-refractivity contribution in [3.05, 3.63) is 36.8 Å². The Balaban J connectivity index is 1.68. The van der Waals surface area contributed by atoms with Crippen molar-refractivity contribution in [2.45, 2.75) is 25.5 Å². The minimum atomic E-state index is -0.0690. The zero-order valence-corrected chi connectivity index (χ0v) is 12.6. The summed E-state index contributed by atoms with van der Waals surface area (Å²) in [6, 6.07) is 7.18. The van der Waals surface area contributed by atoms with E-state index in [4.69, 9.17) is 15.2 Å². The van der Waals surface area contributed by atoms with Gasteiger partial charge in [0.15, 0.2) is 11.9 Å². The molecule has 2 aromatic heterocycles. The molecule has 4 rings (SSSR count). The molecule has 0 unspecified atom stereocenters. The summed E-state index contributed by atoms with van der Waals surface area (Å²) in [5.41, 5.74) is 7.10. The molecular weight excluding hydrogens is 294 g/mol. The van der Waals surface area contributed by atoms with E-state index in [1.807, 2.05) is 4.68 Å². The van der Waals surface area contributed by atoms with E-state index in [1.54, 1.807) is 30.5 Å². The standard InChI is InChI=1S/C16H17N5O2/c17-11-4-6-12(7-5-11)23-16-13-9-20-21(15(13)18-10-19-16)14-3-1-2-8-22-14/h4-7,9-10,14H,1-3,8,17H2/t14-/m0/s1. The molecular formula is C16H17N5O2. The molecule has 0 amide bonds. The largest absolute Gasteiger partial charge is 0.438 e. The van der Waals surface area contributed by atoms with E-state index in [0.29, 0.717) is 17.3 Å². The van der Waals surface area contributed by atoms with Gasteiger partial charge < -0.3 is 15.2 Å². The number of nitrogen functional groups attached to an aromatic ring is 1. The van der Waals surface area contributed by atoms with E-state index < -0.39 is 0 Å². The second kappa shape index (κ2) is 5.85. The van der Waals surface area contributed by atoms with Crippen LogP contribution in [-0.4, -0.2) is 26.4 Å². The van der Waals surface area contributed by atoms with Crippen LogP contribution >= 0.6 is 0 Å². The Kier molecular flexibility index (Phi) is 3.55. The molecule has 1 aromatic carbocycles. The van der Waals surface area contributed by atoms with E-state index in [1.165, 1.54) is 6.33 Å². The van der Waals surface area contributed by atoms with Gasteiger partial charge in [0, 0.05) is 12.3 Å². The van der Waals surface area contributed by atoms with Crippen LogP contribution in [-0.2, 0) is 4.74 Å². The Bertz CT molecular complexity index is 809. The number of ether oxygens (including phenoxy) is 2. The number of rotatable bonds is 3. The summed E-state index contributed by atoms with van der Waals surface area (Å²) >= 11 is 0. The molecule has 1 aliphatic rings. The highest BCUT2D eigenvalue weighted by molar-refractivity contribution is 5.80. The lowest BCUT2D eigenvalue weighted by molar-refractivity contribution is -0.0370. The molecule has 1 fully saturated rings. The maximum atomic E-state index is 5.85. The summed E-state index contributed by atoms with van der Waals surface area (Å²) in [6.07, 6.45) is 6.30. The van der Waals surface area contributed by atoms with Crippen LogP contribution in [0.4, 0.5) is 5.69 Å². The molecule has 118 valence electrons. The molecule has 1 saturated heterocycles. The molecule has 0 radical (unpaired) electrons. The normalized spacial score (nSPS) is 18.2. The van der Waals surface area contributed by atoms with Gasteiger partial charge in [0.2, 0.25) is 5.88 Å². The number of hydrogen-bond acceptors (Lipinski definition) is 6. The van der Waals surface area contributed by atoms with E-state index in [9.17, 15) is 0 Å². The van der Waals surface area contributed by atoms with Crippen molar-refractivity contribution in [2.75, 3.05) is 12.3 Å². The number of benzene rings is 1. The molecule has 3 heterocycles. The summed E-state index contributed by atoms with van der Waals surface area (Å²) in [4.78, 5) is 8.57. The highest BCUT2D eigenvalue weighted by atomic mass is 16.5. The number of nitrogens with two attached hydrogens (primary N) is 1. The van der Waals surface area contributed by atoms with Crippen molar-refractivity contribution in [1.82, 2.24) is 19.7 Å². The molecule has 23 heavy (non-hydrogen) atoms. The van der Waals surface area contributed by atoms with Gasteiger partial charge in [-0.1, -0.05) is 0 Å². The molecule has 7 nitrogen and oxygen atoms in total. The zero-order chi connectivity index (χ0) is 15.6. The number of hydrogen-bond donors (Lipinski definition) is 1. The molecule has 3 aromatic rings. The topological polar surface area (TPSA) is 88.1 Å². The lowest BCUT2D eigenvalue weighted by Crippen LogP contribution is -2.19. The third kappa shape index (κ3) is 2.70. The van der Waals surface area contributed by atoms with Gasteiger partial charge in [0.1, 0.15) is 17.5 Å². The van der Waals surface area contributed by atoms with Crippen molar-refractivity contribution >= 4 is 16.7 Å². The van der Waals surface area contributed by atoms with Crippen molar-refractivity contribution in [1.29, 1.82) is 0 Å². The van der Waals surface area contributed by atoms with Crippen LogP contribution in [0.3, 0.4) is 0 Å². The smallest absolute Gasteiger partial charge is 0.233 e. The quantitative estimate of drug-likeness (QED) is 0.748. The molecule has 0 saturated carbocycles. The van der Waals surface area contributed by atoms with Crippen LogP contribution in [0.1, 0.15) is 25.5 Å². The first kappa shape index (κ1) is 14.0. The number of fused-ring (bicyclic) bond motifs is 1. The lowest BCUT2D eigenvalue weighted by atomic mass is 10.2. The SMILES string of the molecule is Nc1ccc(Oc2ncnc3c2cnn3[C@@H]2CCCCO2)cc1. The van der Waals surface area contributed by atoms with Gasteiger partial charge in [-0.2, -0.15) is 5.10 Å². The number of nitrogens with zero attached hydrogens (tertiary/aromatic N) is 4. The summed E-state index contributed by atoms with van der Waals surface area (Å²) < 4.78 is 13.4. The summed E-state index contributed by atoms with van der Waals surface area (Å²) in [7, 11) is 0. The third-order valence-corrected chi connectivity index (χ3v) is 3.88. The van der Waals surface area contributed by atoms with Gasteiger partial charge in [-0.15, -0.1) is 0 Å². The Hall–Kier alpha value is -2.67. The number of aromatic nitrogens is 4. The maximum Gasteiger partial charge on any atom is 0.233 e. The van der Waals surface area contributed by atoms with Crippen molar-refractivity contribution < 1.29 is 9.47 Å². The predicted molar refractivity (Wildman–Crippen MR) is 85.1 cm³/mol. The summed E-state index contributed by atoms with van der Waals surface area (Å²) in [5.74, 6) is 1.14. The second-order valence-corrected chi connectivity index (χ2v) is 5.50. The zero-order valence-electron chi connectivity index (χ0n) is 12.6. The van der Waals surface area contributed by atoms with Crippen molar-refractivity contribution in [3.8, 4) is 11.6 Å². The fourth-order valence-electron chi connectivity index (χ4n) is 2.70. The van der Waals surface area contributed by atoms with Crippen LogP contribution in [0.15, 0.2) is 36.8 Å². The Morgan fingerprint density at radius 1 is 1.17 bits per heavy atom. The van der Waals surface area contributed by atoms with E-state index in [0.717, 1.165) is 36.9 Å². The molecule has 2 N–H and O–H groups in total. The third-order valence-electron chi connectivity index (χ3n) is 3.88. The van der Waals surface area contributed by atoms with Crippen LogP contribution in [0.2, 0.25) is 0 Å².